The maximum Gasteiger partial charge on any atom is 0.127 e. The summed E-state index contributed by atoms with van der Waals surface area (Å²) in [7, 11) is 0. The van der Waals surface area contributed by atoms with Crippen LogP contribution in [0, 0.1) is 17.5 Å². The number of ether oxygens (including phenoxy) is 1. The van der Waals surface area contributed by atoms with Gasteiger partial charge in [0.05, 0.1) is 0 Å². The molecule has 0 saturated heterocycles. The molecule has 0 saturated carbocycles. The Morgan fingerprint density at radius 3 is 2.25 bits per heavy atom. The van der Waals surface area contributed by atoms with Gasteiger partial charge in [0.15, 0.2) is 0 Å². The monoisotopic (exact) mass is 281 g/mol. The van der Waals surface area contributed by atoms with Crippen molar-refractivity contribution in [2.75, 3.05) is 0 Å². The highest BCUT2D eigenvalue weighted by molar-refractivity contribution is 5.36. The molecule has 2 nitrogen and oxygen atoms in total. The molecule has 2 N–H and O–H groups in total. The first kappa shape index (κ1) is 14.4. The van der Waals surface area contributed by atoms with E-state index in [-0.39, 0.29) is 18.4 Å². The van der Waals surface area contributed by atoms with Gasteiger partial charge >= 0.3 is 0 Å². The third-order valence-electron chi connectivity index (χ3n) is 2.78. The molecule has 0 bridgehead atoms. The van der Waals surface area contributed by atoms with Crippen molar-refractivity contribution in [1.82, 2.24) is 0 Å². The molecule has 0 aliphatic heterocycles. The van der Waals surface area contributed by atoms with Gasteiger partial charge in [0.25, 0.3) is 0 Å². The lowest BCUT2D eigenvalue weighted by Crippen LogP contribution is -2.08. The van der Waals surface area contributed by atoms with Crippen molar-refractivity contribution >= 4 is 0 Å². The third kappa shape index (κ3) is 3.51. The second-order valence-electron chi connectivity index (χ2n) is 4.54. The Hall–Kier alpha value is -2.01. The highest BCUT2D eigenvalue weighted by Crippen LogP contribution is 2.25. The van der Waals surface area contributed by atoms with E-state index in [0.29, 0.717) is 11.1 Å². The molecule has 20 heavy (non-hydrogen) atoms. The fraction of sp³-hybridized carbons (Fsp3) is 0.200. The molecule has 2 rings (SSSR count). The fourth-order valence-corrected chi connectivity index (χ4v) is 1.86. The van der Waals surface area contributed by atoms with Gasteiger partial charge in [0, 0.05) is 23.7 Å². The summed E-state index contributed by atoms with van der Waals surface area (Å²) in [6, 6.07) is 6.78. The lowest BCUT2D eigenvalue weighted by Gasteiger charge is -2.14. The molecule has 1 unspecified atom stereocenters. The predicted molar refractivity (Wildman–Crippen MR) is 69.7 cm³/mol. The van der Waals surface area contributed by atoms with E-state index in [4.69, 9.17) is 10.5 Å². The van der Waals surface area contributed by atoms with Crippen molar-refractivity contribution in [2.24, 2.45) is 5.73 Å². The van der Waals surface area contributed by atoms with Crippen molar-refractivity contribution in [3.63, 3.8) is 0 Å². The minimum absolute atomic E-state index is 0.0716. The van der Waals surface area contributed by atoms with Gasteiger partial charge in [0.1, 0.15) is 29.8 Å². The van der Waals surface area contributed by atoms with E-state index in [2.05, 4.69) is 0 Å². The number of halogens is 3. The zero-order chi connectivity index (χ0) is 14.7. The Morgan fingerprint density at radius 2 is 1.65 bits per heavy atom. The molecule has 0 fully saturated rings. The summed E-state index contributed by atoms with van der Waals surface area (Å²) >= 11 is 0. The summed E-state index contributed by atoms with van der Waals surface area (Å²) < 4.78 is 44.7. The van der Waals surface area contributed by atoms with Crippen LogP contribution >= 0.6 is 0 Å². The van der Waals surface area contributed by atoms with E-state index in [1.54, 1.807) is 6.92 Å². The van der Waals surface area contributed by atoms with E-state index < -0.39 is 17.5 Å². The van der Waals surface area contributed by atoms with E-state index >= 15 is 0 Å². The normalized spacial score (nSPS) is 12.2. The number of benzene rings is 2. The first-order valence-corrected chi connectivity index (χ1v) is 6.08. The van der Waals surface area contributed by atoms with E-state index in [9.17, 15) is 13.2 Å². The average Bonchev–Trinajstić information content (AvgIpc) is 2.35. The smallest absolute Gasteiger partial charge is 0.127 e. The van der Waals surface area contributed by atoms with Crippen LogP contribution in [0.1, 0.15) is 24.1 Å². The molecule has 2 aromatic carbocycles. The first-order valence-electron chi connectivity index (χ1n) is 6.08. The minimum Gasteiger partial charge on any atom is -0.488 e. The Balaban J connectivity index is 2.20. The van der Waals surface area contributed by atoms with Crippen LogP contribution in [0.25, 0.3) is 0 Å². The molecule has 106 valence electrons. The number of nitrogens with two attached hydrogens (primary N) is 1. The second-order valence-corrected chi connectivity index (χ2v) is 4.54. The van der Waals surface area contributed by atoms with Crippen LogP contribution in [0.5, 0.6) is 5.75 Å². The lowest BCUT2D eigenvalue weighted by molar-refractivity contribution is 0.298. The molecule has 0 radical (unpaired) electrons. The number of hydrogen-bond donors (Lipinski definition) is 1. The molecule has 0 amide bonds. The van der Waals surface area contributed by atoms with Gasteiger partial charge in [-0.2, -0.15) is 0 Å². The maximum absolute atomic E-state index is 13.2. The SMILES string of the molecule is CC(N)c1ccc(F)cc1OCc1cc(F)cc(F)c1. The van der Waals surface area contributed by atoms with Crippen LogP contribution in [0.3, 0.4) is 0 Å². The molecular formula is C15H14F3NO. The van der Waals surface area contributed by atoms with Crippen LogP contribution in [0.2, 0.25) is 0 Å². The summed E-state index contributed by atoms with van der Waals surface area (Å²) in [5, 5.41) is 0. The Kier molecular flexibility index (Phi) is 4.29. The van der Waals surface area contributed by atoms with Crippen molar-refractivity contribution < 1.29 is 17.9 Å². The van der Waals surface area contributed by atoms with Crippen molar-refractivity contribution in [3.05, 3.63) is 65.0 Å². The summed E-state index contributed by atoms with van der Waals surface area (Å²) in [4.78, 5) is 0. The Bertz CT molecular complexity index is 594. The van der Waals surface area contributed by atoms with Gasteiger partial charge in [-0.3, -0.25) is 0 Å². The molecule has 0 aliphatic carbocycles. The predicted octanol–water partition coefficient (Wildman–Crippen LogP) is 3.70. The number of rotatable bonds is 4. The average molecular weight is 281 g/mol. The second kappa shape index (κ2) is 5.96. The standard InChI is InChI=1S/C15H14F3NO/c1-9(19)14-3-2-11(16)7-15(14)20-8-10-4-12(17)6-13(18)5-10/h2-7,9H,8,19H2,1H3. The van der Waals surface area contributed by atoms with Gasteiger partial charge in [-0.05, 0) is 30.7 Å². The highest BCUT2D eigenvalue weighted by Gasteiger charge is 2.10. The van der Waals surface area contributed by atoms with E-state index in [1.807, 2.05) is 0 Å². The molecule has 0 aliphatic rings. The summed E-state index contributed by atoms with van der Waals surface area (Å²) in [6.45, 7) is 1.67. The Labute approximate surface area is 115 Å². The van der Waals surface area contributed by atoms with Crippen LogP contribution in [0.15, 0.2) is 36.4 Å². The van der Waals surface area contributed by atoms with E-state index in [0.717, 1.165) is 18.2 Å². The van der Waals surface area contributed by atoms with Gasteiger partial charge < -0.3 is 10.5 Å². The van der Waals surface area contributed by atoms with Crippen molar-refractivity contribution in [3.8, 4) is 5.75 Å². The first-order chi connectivity index (χ1) is 9.45. The molecule has 1 atom stereocenters. The zero-order valence-corrected chi connectivity index (χ0v) is 10.9. The minimum atomic E-state index is -0.685. The topological polar surface area (TPSA) is 35.2 Å². The van der Waals surface area contributed by atoms with Crippen molar-refractivity contribution in [2.45, 2.75) is 19.6 Å². The van der Waals surface area contributed by atoms with Crippen LogP contribution < -0.4 is 10.5 Å². The van der Waals surface area contributed by atoms with Gasteiger partial charge in [-0.15, -0.1) is 0 Å². The zero-order valence-electron chi connectivity index (χ0n) is 10.9. The van der Waals surface area contributed by atoms with Crippen LogP contribution in [0.4, 0.5) is 13.2 Å². The van der Waals surface area contributed by atoms with Gasteiger partial charge in [-0.25, -0.2) is 13.2 Å². The van der Waals surface area contributed by atoms with E-state index in [1.165, 1.54) is 18.2 Å². The maximum atomic E-state index is 13.2. The van der Waals surface area contributed by atoms with Crippen LogP contribution in [-0.4, -0.2) is 0 Å². The summed E-state index contributed by atoms with van der Waals surface area (Å²) in [5.74, 6) is -1.56. The van der Waals surface area contributed by atoms with Crippen LogP contribution in [-0.2, 0) is 6.61 Å². The molecule has 0 aromatic heterocycles. The lowest BCUT2D eigenvalue weighted by atomic mass is 10.1. The summed E-state index contributed by atoms with van der Waals surface area (Å²) in [5.41, 5.74) is 6.71. The molecule has 0 heterocycles. The quantitative estimate of drug-likeness (QED) is 0.927. The highest BCUT2D eigenvalue weighted by atomic mass is 19.1. The molecular weight excluding hydrogens is 267 g/mol. The molecule has 0 spiro atoms. The summed E-state index contributed by atoms with van der Waals surface area (Å²) in [6.07, 6.45) is 0. The molecule has 5 heteroatoms. The Morgan fingerprint density at radius 1 is 1.00 bits per heavy atom. The third-order valence-corrected chi connectivity index (χ3v) is 2.78. The van der Waals surface area contributed by atoms with Gasteiger partial charge in [-0.1, -0.05) is 6.07 Å². The largest absolute Gasteiger partial charge is 0.488 e. The van der Waals surface area contributed by atoms with Gasteiger partial charge in [0.2, 0.25) is 0 Å². The number of hydrogen-bond acceptors (Lipinski definition) is 2. The molecule has 2 aromatic rings. The fourth-order valence-electron chi connectivity index (χ4n) is 1.86. The van der Waals surface area contributed by atoms with Crippen molar-refractivity contribution in [1.29, 1.82) is 0 Å².